The molecule has 0 aliphatic rings. The van der Waals surface area contributed by atoms with E-state index >= 15 is 0 Å². The van der Waals surface area contributed by atoms with Gasteiger partial charge < -0.3 is 5.32 Å². The van der Waals surface area contributed by atoms with Crippen molar-refractivity contribution in [2.75, 3.05) is 5.32 Å². The van der Waals surface area contributed by atoms with E-state index in [9.17, 15) is 0 Å². The Morgan fingerprint density at radius 1 is 0.824 bits per heavy atom. The molecular formula is C14H11N3. The molecule has 0 radical (unpaired) electrons. The number of aromatic nitrogens is 2. The zero-order chi connectivity index (χ0) is 11.5. The highest BCUT2D eigenvalue weighted by molar-refractivity contribution is 5.93. The molecule has 0 aliphatic heterocycles. The largest absolute Gasteiger partial charge is 0.340 e. The van der Waals surface area contributed by atoms with E-state index in [-0.39, 0.29) is 0 Å². The summed E-state index contributed by atoms with van der Waals surface area (Å²) in [6.07, 6.45) is 5.33. The van der Waals surface area contributed by atoms with E-state index in [1.807, 2.05) is 36.5 Å². The topological polar surface area (TPSA) is 37.8 Å². The normalized spacial score (nSPS) is 10.4. The van der Waals surface area contributed by atoms with Gasteiger partial charge in [0.25, 0.3) is 0 Å². The lowest BCUT2D eigenvalue weighted by molar-refractivity contribution is 1.30. The monoisotopic (exact) mass is 221 g/mol. The SMILES string of the molecule is c1ccc2c(Nc3ccncc3)nccc2c1. The number of pyridine rings is 2. The number of nitrogens with one attached hydrogen (secondary N) is 1. The van der Waals surface area contributed by atoms with E-state index in [0.29, 0.717) is 0 Å². The average molecular weight is 221 g/mol. The zero-order valence-corrected chi connectivity index (χ0v) is 9.17. The summed E-state index contributed by atoms with van der Waals surface area (Å²) in [7, 11) is 0. The predicted molar refractivity (Wildman–Crippen MR) is 69.3 cm³/mol. The van der Waals surface area contributed by atoms with Gasteiger partial charge in [0.1, 0.15) is 5.82 Å². The van der Waals surface area contributed by atoms with Crippen molar-refractivity contribution in [1.29, 1.82) is 0 Å². The van der Waals surface area contributed by atoms with E-state index in [0.717, 1.165) is 16.9 Å². The van der Waals surface area contributed by atoms with Crippen LogP contribution >= 0.6 is 0 Å². The second-order valence-electron chi connectivity index (χ2n) is 3.74. The fourth-order valence-electron chi connectivity index (χ4n) is 1.79. The Bertz CT molecular complexity index is 630. The molecule has 0 unspecified atom stereocenters. The third-order valence-electron chi connectivity index (χ3n) is 2.62. The van der Waals surface area contributed by atoms with Crippen molar-refractivity contribution >= 4 is 22.3 Å². The van der Waals surface area contributed by atoms with Crippen LogP contribution < -0.4 is 5.32 Å². The lowest BCUT2D eigenvalue weighted by atomic mass is 10.1. The average Bonchev–Trinajstić information content (AvgIpc) is 2.40. The molecule has 3 heteroatoms. The first kappa shape index (κ1) is 9.78. The van der Waals surface area contributed by atoms with Crippen molar-refractivity contribution in [3.05, 3.63) is 61.1 Å². The van der Waals surface area contributed by atoms with Crippen LogP contribution in [-0.4, -0.2) is 9.97 Å². The van der Waals surface area contributed by atoms with Crippen molar-refractivity contribution in [2.24, 2.45) is 0 Å². The van der Waals surface area contributed by atoms with Gasteiger partial charge in [0.05, 0.1) is 0 Å². The standard InChI is InChI=1S/C14H11N3/c1-2-4-13-11(3-1)5-10-16-14(13)17-12-6-8-15-9-7-12/h1-10H,(H,15,16,17). The maximum Gasteiger partial charge on any atom is 0.138 e. The lowest BCUT2D eigenvalue weighted by Crippen LogP contribution is -1.94. The number of benzene rings is 1. The van der Waals surface area contributed by atoms with Crippen molar-refractivity contribution in [2.45, 2.75) is 0 Å². The molecule has 0 aliphatic carbocycles. The maximum absolute atomic E-state index is 4.37. The van der Waals surface area contributed by atoms with Crippen LogP contribution in [0.1, 0.15) is 0 Å². The summed E-state index contributed by atoms with van der Waals surface area (Å²) in [4.78, 5) is 8.36. The second-order valence-corrected chi connectivity index (χ2v) is 3.74. The summed E-state index contributed by atoms with van der Waals surface area (Å²) in [6.45, 7) is 0. The first-order chi connectivity index (χ1) is 8.43. The summed E-state index contributed by atoms with van der Waals surface area (Å²) in [5, 5.41) is 5.59. The van der Waals surface area contributed by atoms with E-state index in [1.54, 1.807) is 12.4 Å². The maximum atomic E-state index is 4.37. The Morgan fingerprint density at radius 3 is 2.53 bits per heavy atom. The van der Waals surface area contributed by atoms with Crippen molar-refractivity contribution in [3.63, 3.8) is 0 Å². The summed E-state index contributed by atoms with van der Waals surface area (Å²) < 4.78 is 0. The fourth-order valence-corrected chi connectivity index (χ4v) is 1.79. The summed E-state index contributed by atoms with van der Waals surface area (Å²) in [5.74, 6) is 0.870. The number of rotatable bonds is 2. The predicted octanol–water partition coefficient (Wildman–Crippen LogP) is 3.37. The van der Waals surface area contributed by atoms with E-state index < -0.39 is 0 Å². The lowest BCUT2D eigenvalue weighted by Gasteiger charge is -2.07. The molecule has 0 saturated heterocycles. The van der Waals surface area contributed by atoms with Gasteiger partial charge in [-0.1, -0.05) is 24.3 Å². The Labute approximate surface area is 99.2 Å². The molecule has 3 rings (SSSR count). The number of fused-ring (bicyclic) bond motifs is 1. The molecule has 0 spiro atoms. The van der Waals surface area contributed by atoms with Crippen LogP contribution in [0.2, 0.25) is 0 Å². The third-order valence-corrected chi connectivity index (χ3v) is 2.62. The molecule has 0 fully saturated rings. The van der Waals surface area contributed by atoms with Crippen LogP contribution in [-0.2, 0) is 0 Å². The summed E-state index contributed by atoms with van der Waals surface area (Å²) in [5.41, 5.74) is 0.990. The van der Waals surface area contributed by atoms with Gasteiger partial charge in [-0.2, -0.15) is 0 Å². The molecule has 3 nitrogen and oxygen atoms in total. The first-order valence-electron chi connectivity index (χ1n) is 5.44. The Balaban J connectivity index is 2.06. The van der Waals surface area contributed by atoms with Gasteiger partial charge in [-0.05, 0) is 23.6 Å². The van der Waals surface area contributed by atoms with Crippen LogP contribution in [0.25, 0.3) is 10.8 Å². The summed E-state index contributed by atoms with van der Waals surface area (Å²) in [6, 6.07) is 14.0. The Hall–Kier alpha value is -2.42. The minimum Gasteiger partial charge on any atom is -0.340 e. The molecule has 0 amide bonds. The molecular weight excluding hydrogens is 210 g/mol. The minimum absolute atomic E-state index is 0.870. The molecule has 0 saturated carbocycles. The number of nitrogens with zero attached hydrogens (tertiary/aromatic N) is 2. The van der Waals surface area contributed by atoms with Crippen LogP contribution in [0.5, 0.6) is 0 Å². The number of anilines is 2. The smallest absolute Gasteiger partial charge is 0.138 e. The molecule has 1 aromatic carbocycles. The van der Waals surface area contributed by atoms with Crippen molar-refractivity contribution in [1.82, 2.24) is 9.97 Å². The highest BCUT2D eigenvalue weighted by Gasteiger charge is 2.01. The number of hydrogen-bond acceptors (Lipinski definition) is 3. The third kappa shape index (κ3) is 1.95. The van der Waals surface area contributed by atoms with E-state index in [4.69, 9.17) is 0 Å². The zero-order valence-electron chi connectivity index (χ0n) is 9.17. The highest BCUT2D eigenvalue weighted by atomic mass is 15.0. The molecule has 82 valence electrons. The summed E-state index contributed by atoms with van der Waals surface area (Å²) >= 11 is 0. The minimum atomic E-state index is 0.870. The Morgan fingerprint density at radius 2 is 1.65 bits per heavy atom. The van der Waals surface area contributed by atoms with Gasteiger partial charge in [0, 0.05) is 29.7 Å². The van der Waals surface area contributed by atoms with Gasteiger partial charge >= 0.3 is 0 Å². The van der Waals surface area contributed by atoms with Crippen LogP contribution in [0.15, 0.2) is 61.1 Å². The second kappa shape index (κ2) is 4.22. The molecule has 3 aromatic rings. The van der Waals surface area contributed by atoms with E-state index in [2.05, 4.69) is 27.4 Å². The molecule has 2 heterocycles. The van der Waals surface area contributed by atoms with Crippen molar-refractivity contribution in [3.8, 4) is 0 Å². The van der Waals surface area contributed by atoms with Gasteiger partial charge in [0.15, 0.2) is 0 Å². The fraction of sp³-hybridized carbons (Fsp3) is 0. The quantitative estimate of drug-likeness (QED) is 0.721. The van der Waals surface area contributed by atoms with Gasteiger partial charge in [-0.15, -0.1) is 0 Å². The molecule has 0 atom stereocenters. The van der Waals surface area contributed by atoms with Gasteiger partial charge in [-0.25, -0.2) is 4.98 Å². The first-order valence-corrected chi connectivity index (χ1v) is 5.44. The number of hydrogen-bond donors (Lipinski definition) is 1. The highest BCUT2D eigenvalue weighted by Crippen LogP contribution is 2.23. The van der Waals surface area contributed by atoms with Crippen LogP contribution in [0.3, 0.4) is 0 Å². The van der Waals surface area contributed by atoms with Crippen LogP contribution in [0, 0.1) is 0 Å². The van der Waals surface area contributed by atoms with Gasteiger partial charge in [-0.3, -0.25) is 4.98 Å². The molecule has 2 aromatic heterocycles. The molecule has 17 heavy (non-hydrogen) atoms. The van der Waals surface area contributed by atoms with Gasteiger partial charge in [0.2, 0.25) is 0 Å². The van der Waals surface area contributed by atoms with E-state index in [1.165, 1.54) is 5.39 Å². The molecule has 0 bridgehead atoms. The van der Waals surface area contributed by atoms with Crippen molar-refractivity contribution < 1.29 is 0 Å². The van der Waals surface area contributed by atoms with Crippen LogP contribution in [0.4, 0.5) is 11.5 Å². The Kier molecular flexibility index (Phi) is 2.43. The molecule has 1 N–H and O–H groups in total.